The highest BCUT2D eigenvalue weighted by Gasteiger charge is 2.38. The highest BCUT2D eigenvalue weighted by atomic mass is 16.4. The number of rotatable bonds is 5. The summed E-state index contributed by atoms with van der Waals surface area (Å²) in [7, 11) is 0. The quantitative estimate of drug-likeness (QED) is 0.755. The summed E-state index contributed by atoms with van der Waals surface area (Å²) in [5.41, 5.74) is 0. The van der Waals surface area contributed by atoms with Crippen LogP contribution >= 0.6 is 0 Å². The second-order valence-corrected chi connectivity index (χ2v) is 5.46. The Labute approximate surface area is 97.6 Å². The van der Waals surface area contributed by atoms with Gasteiger partial charge in [-0.05, 0) is 38.0 Å². The van der Waals surface area contributed by atoms with Gasteiger partial charge < -0.3 is 10.4 Å². The molecule has 3 nitrogen and oxygen atoms in total. The summed E-state index contributed by atoms with van der Waals surface area (Å²) >= 11 is 0. The minimum Gasteiger partial charge on any atom is -0.481 e. The lowest BCUT2D eigenvalue weighted by atomic mass is 9.86. The number of hydrogen-bond donors (Lipinski definition) is 2. The molecular formula is C13H23NO2. The topological polar surface area (TPSA) is 49.3 Å². The molecule has 0 aromatic rings. The van der Waals surface area contributed by atoms with Gasteiger partial charge in [0.15, 0.2) is 0 Å². The SMILES string of the molecule is CCCC1CC1NC1CCCC(C(=O)O)C1. The van der Waals surface area contributed by atoms with Gasteiger partial charge in [0.05, 0.1) is 5.92 Å². The van der Waals surface area contributed by atoms with Crippen molar-refractivity contribution >= 4 is 5.97 Å². The molecule has 0 aliphatic heterocycles. The Hall–Kier alpha value is -0.570. The fraction of sp³-hybridized carbons (Fsp3) is 0.923. The molecule has 0 aromatic carbocycles. The molecule has 2 N–H and O–H groups in total. The molecule has 92 valence electrons. The lowest BCUT2D eigenvalue weighted by molar-refractivity contribution is -0.143. The maximum atomic E-state index is 10.9. The van der Waals surface area contributed by atoms with E-state index in [1.807, 2.05) is 0 Å². The molecule has 0 aromatic heterocycles. The molecule has 0 amide bonds. The molecule has 2 rings (SSSR count). The Kier molecular flexibility index (Phi) is 3.85. The van der Waals surface area contributed by atoms with Gasteiger partial charge in [-0.25, -0.2) is 0 Å². The van der Waals surface area contributed by atoms with Crippen molar-refractivity contribution in [3.05, 3.63) is 0 Å². The molecule has 3 heteroatoms. The number of carboxylic acid groups (broad SMARTS) is 1. The Bertz CT molecular complexity index is 254. The Balaban J connectivity index is 1.72. The van der Waals surface area contributed by atoms with E-state index in [-0.39, 0.29) is 5.92 Å². The summed E-state index contributed by atoms with van der Waals surface area (Å²) in [5, 5.41) is 12.7. The molecule has 4 atom stereocenters. The van der Waals surface area contributed by atoms with E-state index in [2.05, 4.69) is 12.2 Å². The van der Waals surface area contributed by atoms with E-state index in [0.717, 1.165) is 25.2 Å². The normalized spacial score (nSPS) is 38.3. The van der Waals surface area contributed by atoms with Crippen molar-refractivity contribution in [2.24, 2.45) is 11.8 Å². The minimum atomic E-state index is -0.604. The first-order chi connectivity index (χ1) is 7.70. The van der Waals surface area contributed by atoms with Crippen molar-refractivity contribution < 1.29 is 9.90 Å². The molecule has 16 heavy (non-hydrogen) atoms. The Morgan fingerprint density at radius 1 is 1.38 bits per heavy atom. The van der Waals surface area contributed by atoms with E-state index in [4.69, 9.17) is 5.11 Å². The predicted molar refractivity (Wildman–Crippen MR) is 63.3 cm³/mol. The number of aliphatic carboxylic acids is 1. The minimum absolute atomic E-state index is 0.102. The predicted octanol–water partition coefficient (Wildman–Crippen LogP) is 2.41. The largest absolute Gasteiger partial charge is 0.481 e. The highest BCUT2D eigenvalue weighted by molar-refractivity contribution is 5.70. The van der Waals surface area contributed by atoms with Crippen LogP contribution < -0.4 is 5.32 Å². The van der Waals surface area contributed by atoms with Gasteiger partial charge in [0.1, 0.15) is 0 Å². The second kappa shape index (κ2) is 5.17. The summed E-state index contributed by atoms with van der Waals surface area (Å²) in [6, 6.07) is 1.15. The fourth-order valence-electron chi connectivity index (χ4n) is 3.01. The highest BCUT2D eigenvalue weighted by Crippen LogP contribution is 2.36. The van der Waals surface area contributed by atoms with E-state index in [1.165, 1.54) is 25.7 Å². The van der Waals surface area contributed by atoms with E-state index < -0.39 is 5.97 Å². The zero-order chi connectivity index (χ0) is 11.5. The van der Waals surface area contributed by atoms with E-state index >= 15 is 0 Å². The van der Waals surface area contributed by atoms with Crippen LogP contribution in [0.5, 0.6) is 0 Å². The smallest absolute Gasteiger partial charge is 0.306 e. The summed E-state index contributed by atoms with van der Waals surface area (Å²) in [4.78, 5) is 10.9. The molecule has 2 fully saturated rings. The number of nitrogens with one attached hydrogen (secondary N) is 1. The van der Waals surface area contributed by atoms with Crippen LogP contribution in [0.1, 0.15) is 51.9 Å². The summed E-state index contributed by atoms with van der Waals surface area (Å²) in [6.45, 7) is 2.23. The molecule has 0 heterocycles. The van der Waals surface area contributed by atoms with Crippen molar-refractivity contribution in [1.82, 2.24) is 5.32 Å². The van der Waals surface area contributed by atoms with Gasteiger partial charge in [-0.2, -0.15) is 0 Å². The average Bonchev–Trinajstić information content (AvgIpc) is 2.97. The average molecular weight is 225 g/mol. The molecule has 0 saturated heterocycles. The number of carboxylic acids is 1. The van der Waals surface area contributed by atoms with Gasteiger partial charge in [-0.1, -0.05) is 19.8 Å². The first-order valence-electron chi connectivity index (χ1n) is 6.69. The molecule has 0 bridgehead atoms. The fourth-order valence-corrected chi connectivity index (χ4v) is 3.01. The summed E-state index contributed by atoms with van der Waals surface area (Å²) < 4.78 is 0. The molecule has 2 saturated carbocycles. The van der Waals surface area contributed by atoms with Crippen LogP contribution in [0.2, 0.25) is 0 Å². The van der Waals surface area contributed by atoms with Gasteiger partial charge in [0, 0.05) is 12.1 Å². The van der Waals surface area contributed by atoms with Crippen molar-refractivity contribution in [2.75, 3.05) is 0 Å². The van der Waals surface area contributed by atoms with E-state index in [0.29, 0.717) is 12.1 Å². The zero-order valence-corrected chi connectivity index (χ0v) is 10.1. The third-order valence-electron chi connectivity index (χ3n) is 4.06. The van der Waals surface area contributed by atoms with Gasteiger partial charge in [-0.15, -0.1) is 0 Å². The van der Waals surface area contributed by atoms with Crippen LogP contribution in [-0.2, 0) is 4.79 Å². The third kappa shape index (κ3) is 2.97. The van der Waals surface area contributed by atoms with Crippen molar-refractivity contribution in [2.45, 2.75) is 64.0 Å². The standard InChI is InChI=1S/C13H23NO2/c1-2-4-9-8-12(9)14-11-6-3-5-10(7-11)13(15)16/h9-12,14H,2-8H2,1H3,(H,15,16). The van der Waals surface area contributed by atoms with Crippen LogP contribution in [-0.4, -0.2) is 23.2 Å². The maximum Gasteiger partial charge on any atom is 0.306 e. The monoisotopic (exact) mass is 225 g/mol. The van der Waals surface area contributed by atoms with Crippen LogP contribution in [0.4, 0.5) is 0 Å². The van der Waals surface area contributed by atoms with E-state index in [1.54, 1.807) is 0 Å². The molecule has 2 aliphatic rings. The Morgan fingerprint density at radius 2 is 2.19 bits per heavy atom. The van der Waals surface area contributed by atoms with Gasteiger partial charge in [-0.3, -0.25) is 4.79 Å². The third-order valence-corrected chi connectivity index (χ3v) is 4.06. The summed E-state index contributed by atoms with van der Waals surface area (Å²) in [6.07, 6.45) is 7.85. The van der Waals surface area contributed by atoms with Gasteiger partial charge >= 0.3 is 5.97 Å². The summed E-state index contributed by atoms with van der Waals surface area (Å²) in [5.74, 6) is 0.164. The second-order valence-electron chi connectivity index (χ2n) is 5.46. The van der Waals surface area contributed by atoms with Gasteiger partial charge in [0.2, 0.25) is 0 Å². The van der Waals surface area contributed by atoms with Crippen LogP contribution in [0, 0.1) is 11.8 Å². The van der Waals surface area contributed by atoms with Crippen molar-refractivity contribution in [1.29, 1.82) is 0 Å². The van der Waals surface area contributed by atoms with E-state index in [9.17, 15) is 4.79 Å². The molecule has 0 radical (unpaired) electrons. The Morgan fingerprint density at radius 3 is 2.88 bits per heavy atom. The first-order valence-corrected chi connectivity index (χ1v) is 6.69. The first kappa shape index (κ1) is 11.9. The van der Waals surface area contributed by atoms with Crippen molar-refractivity contribution in [3.8, 4) is 0 Å². The number of hydrogen-bond acceptors (Lipinski definition) is 2. The molecule has 4 unspecified atom stereocenters. The van der Waals surface area contributed by atoms with Crippen LogP contribution in [0.25, 0.3) is 0 Å². The molecule has 0 spiro atoms. The zero-order valence-electron chi connectivity index (χ0n) is 10.1. The molecule has 2 aliphatic carbocycles. The lowest BCUT2D eigenvalue weighted by Gasteiger charge is -2.27. The molecular weight excluding hydrogens is 202 g/mol. The number of carbonyl (C=O) groups is 1. The van der Waals surface area contributed by atoms with Crippen LogP contribution in [0.3, 0.4) is 0 Å². The van der Waals surface area contributed by atoms with Crippen molar-refractivity contribution in [3.63, 3.8) is 0 Å². The van der Waals surface area contributed by atoms with Crippen LogP contribution in [0.15, 0.2) is 0 Å². The lowest BCUT2D eigenvalue weighted by Crippen LogP contribution is -2.38. The van der Waals surface area contributed by atoms with Gasteiger partial charge in [0.25, 0.3) is 0 Å². The maximum absolute atomic E-state index is 10.9.